The Morgan fingerprint density at radius 1 is 0.938 bits per heavy atom. The Balaban J connectivity index is 2.68. The largest absolute Gasteiger partial charge is 0.115 e. The fourth-order valence-corrected chi connectivity index (χ4v) is 1.76. The molecule has 0 aliphatic carbocycles. The molecular weight excluding hydrogens is 192 g/mol. The van der Waals surface area contributed by atoms with E-state index < -0.39 is 0 Å². The predicted octanol–water partition coefficient (Wildman–Crippen LogP) is 3.98. The van der Waals surface area contributed by atoms with E-state index in [1.54, 1.807) is 0 Å². The maximum atomic E-state index is 5.50. The topological polar surface area (TPSA) is 0 Å². The first kappa shape index (κ1) is 10.3. The Morgan fingerprint density at radius 2 is 1.56 bits per heavy atom. The van der Waals surface area contributed by atoms with Crippen molar-refractivity contribution < 1.29 is 0 Å². The van der Waals surface area contributed by atoms with Gasteiger partial charge < -0.3 is 0 Å². The smallest absolute Gasteiger partial charge is 0.0321 e. The number of hydrogen-bond donors (Lipinski definition) is 0. The van der Waals surface area contributed by atoms with Crippen LogP contribution in [0.5, 0.6) is 0 Å². The molecular formula is C16H12. The van der Waals surface area contributed by atoms with Crippen molar-refractivity contribution in [2.75, 3.05) is 0 Å². The second-order valence-corrected chi connectivity index (χ2v) is 3.48. The minimum atomic E-state index is 0.914. The highest BCUT2D eigenvalue weighted by Gasteiger charge is 2.04. The van der Waals surface area contributed by atoms with Crippen molar-refractivity contribution in [1.82, 2.24) is 0 Å². The molecule has 2 aromatic rings. The molecule has 0 bridgehead atoms. The molecule has 2 aromatic carbocycles. The summed E-state index contributed by atoms with van der Waals surface area (Å²) in [6, 6.07) is 16.1. The van der Waals surface area contributed by atoms with Gasteiger partial charge in [0.25, 0.3) is 0 Å². The van der Waals surface area contributed by atoms with Crippen LogP contribution in [0.4, 0.5) is 0 Å². The molecule has 0 aromatic heterocycles. The van der Waals surface area contributed by atoms with E-state index in [1.807, 2.05) is 48.5 Å². The van der Waals surface area contributed by atoms with E-state index in [1.165, 1.54) is 0 Å². The summed E-state index contributed by atoms with van der Waals surface area (Å²) < 4.78 is 0. The van der Waals surface area contributed by atoms with Crippen LogP contribution in [0, 0.1) is 12.3 Å². The van der Waals surface area contributed by atoms with Crippen LogP contribution in [0.1, 0.15) is 11.1 Å². The molecule has 0 aliphatic rings. The molecule has 0 atom stereocenters. The summed E-state index contributed by atoms with van der Waals surface area (Å²) in [5.41, 5.74) is 4.23. The van der Waals surface area contributed by atoms with Crippen molar-refractivity contribution in [3.05, 3.63) is 66.2 Å². The SMILES string of the molecule is C#Cc1ccccc1-c1ccccc1C=C. The molecule has 0 amide bonds. The molecule has 16 heavy (non-hydrogen) atoms. The quantitative estimate of drug-likeness (QED) is 0.649. The van der Waals surface area contributed by atoms with Crippen LogP contribution in [0.25, 0.3) is 17.2 Å². The van der Waals surface area contributed by atoms with Crippen molar-refractivity contribution >= 4 is 6.08 Å². The van der Waals surface area contributed by atoms with Crippen LogP contribution in [0.15, 0.2) is 55.1 Å². The van der Waals surface area contributed by atoms with Gasteiger partial charge in [-0.3, -0.25) is 0 Å². The van der Waals surface area contributed by atoms with Gasteiger partial charge in [-0.15, -0.1) is 6.42 Å². The van der Waals surface area contributed by atoms with Gasteiger partial charge in [0.2, 0.25) is 0 Å². The second-order valence-electron chi connectivity index (χ2n) is 3.48. The van der Waals surface area contributed by atoms with Gasteiger partial charge in [-0.1, -0.05) is 61.0 Å². The minimum absolute atomic E-state index is 0.914. The average Bonchev–Trinajstić information content (AvgIpc) is 2.38. The maximum absolute atomic E-state index is 5.50. The third-order valence-corrected chi connectivity index (χ3v) is 2.55. The zero-order valence-electron chi connectivity index (χ0n) is 8.98. The number of rotatable bonds is 2. The van der Waals surface area contributed by atoms with Gasteiger partial charge in [0, 0.05) is 5.56 Å². The Morgan fingerprint density at radius 3 is 2.25 bits per heavy atom. The van der Waals surface area contributed by atoms with E-state index in [4.69, 9.17) is 6.42 Å². The Labute approximate surface area is 96.3 Å². The highest BCUT2D eigenvalue weighted by atomic mass is 14.1. The summed E-state index contributed by atoms with van der Waals surface area (Å²) in [5, 5.41) is 0. The van der Waals surface area contributed by atoms with Gasteiger partial charge in [0.1, 0.15) is 0 Å². The minimum Gasteiger partial charge on any atom is -0.115 e. The molecule has 0 nitrogen and oxygen atoms in total. The summed E-state index contributed by atoms with van der Waals surface area (Å²) in [7, 11) is 0. The molecule has 0 unspecified atom stereocenters. The molecule has 0 saturated carbocycles. The summed E-state index contributed by atoms with van der Waals surface area (Å²) in [5.74, 6) is 2.71. The summed E-state index contributed by atoms with van der Waals surface area (Å²) in [4.78, 5) is 0. The molecule has 0 aliphatic heterocycles. The van der Waals surface area contributed by atoms with E-state index >= 15 is 0 Å². The van der Waals surface area contributed by atoms with Gasteiger partial charge in [0.05, 0.1) is 0 Å². The molecule has 0 spiro atoms. The van der Waals surface area contributed by atoms with Crippen molar-refractivity contribution in [2.45, 2.75) is 0 Å². The summed E-state index contributed by atoms with van der Waals surface area (Å²) in [6.07, 6.45) is 7.35. The summed E-state index contributed by atoms with van der Waals surface area (Å²) in [6.45, 7) is 3.82. The van der Waals surface area contributed by atoms with Gasteiger partial charge >= 0.3 is 0 Å². The fourth-order valence-electron chi connectivity index (χ4n) is 1.76. The molecule has 76 valence electrons. The monoisotopic (exact) mass is 204 g/mol. The Bertz CT molecular complexity index is 556. The molecule has 0 radical (unpaired) electrons. The van der Waals surface area contributed by atoms with E-state index in [0.29, 0.717) is 0 Å². The first-order valence-corrected chi connectivity index (χ1v) is 5.14. The molecule has 0 N–H and O–H groups in total. The van der Waals surface area contributed by atoms with Crippen LogP contribution < -0.4 is 0 Å². The Hall–Kier alpha value is -2.26. The van der Waals surface area contributed by atoms with Crippen LogP contribution in [0.3, 0.4) is 0 Å². The highest BCUT2D eigenvalue weighted by Crippen LogP contribution is 2.27. The van der Waals surface area contributed by atoms with E-state index in [0.717, 1.165) is 22.3 Å². The third-order valence-electron chi connectivity index (χ3n) is 2.55. The lowest BCUT2D eigenvalue weighted by molar-refractivity contribution is 1.56. The average molecular weight is 204 g/mol. The lowest BCUT2D eigenvalue weighted by Gasteiger charge is -2.08. The molecule has 0 fully saturated rings. The lowest BCUT2D eigenvalue weighted by Crippen LogP contribution is -1.86. The van der Waals surface area contributed by atoms with Crippen LogP contribution >= 0.6 is 0 Å². The molecule has 2 rings (SSSR count). The van der Waals surface area contributed by atoms with Crippen LogP contribution in [0.2, 0.25) is 0 Å². The van der Waals surface area contributed by atoms with Gasteiger partial charge in [0.15, 0.2) is 0 Å². The third kappa shape index (κ3) is 1.76. The molecule has 0 saturated heterocycles. The zero-order valence-corrected chi connectivity index (χ0v) is 8.98. The lowest BCUT2D eigenvalue weighted by atomic mass is 9.96. The van der Waals surface area contributed by atoms with Crippen molar-refractivity contribution in [2.24, 2.45) is 0 Å². The van der Waals surface area contributed by atoms with E-state index in [-0.39, 0.29) is 0 Å². The summed E-state index contributed by atoms with van der Waals surface area (Å²) >= 11 is 0. The maximum Gasteiger partial charge on any atom is 0.0321 e. The number of hydrogen-bond acceptors (Lipinski definition) is 0. The number of terminal acetylenes is 1. The standard InChI is InChI=1S/C16H12/c1-3-13-9-5-7-11-15(13)16-12-8-6-10-14(16)4-2/h1,4-12H,2H2. The predicted molar refractivity (Wildman–Crippen MR) is 69.9 cm³/mol. The van der Waals surface area contributed by atoms with Crippen molar-refractivity contribution in [3.63, 3.8) is 0 Å². The van der Waals surface area contributed by atoms with Gasteiger partial charge in [-0.2, -0.15) is 0 Å². The normalized spacial score (nSPS) is 9.44. The Kier molecular flexibility index (Phi) is 2.89. The highest BCUT2D eigenvalue weighted by molar-refractivity contribution is 5.78. The van der Waals surface area contributed by atoms with Crippen molar-refractivity contribution in [3.8, 4) is 23.5 Å². The van der Waals surface area contributed by atoms with Crippen molar-refractivity contribution in [1.29, 1.82) is 0 Å². The van der Waals surface area contributed by atoms with Crippen LogP contribution in [-0.2, 0) is 0 Å². The van der Waals surface area contributed by atoms with E-state index in [2.05, 4.69) is 18.6 Å². The van der Waals surface area contributed by atoms with Crippen LogP contribution in [-0.4, -0.2) is 0 Å². The molecule has 0 heteroatoms. The zero-order chi connectivity index (χ0) is 11.4. The van der Waals surface area contributed by atoms with E-state index in [9.17, 15) is 0 Å². The molecule has 0 heterocycles. The van der Waals surface area contributed by atoms with Gasteiger partial charge in [-0.25, -0.2) is 0 Å². The number of benzene rings is 2. The first-order valence-electron chi connectivity index (χ1n) is 5.14. The first-order chi connectivity index (χ1) is 7.86. The van der Waals surface area contributed by atoms with Gasteiger partial charge in [-0.05, 0) is 22.8 Å². The fraction of sp³-hybridized carbons (Fsp3) is 0. The second kappa shape index (κ2) is 4.51.